The third kappa shape index (κ3) is 3.56. The van der Waals surface area contributed by atoms with Gasteiger partial charge in [-0.1, -0.05) is 164 Å². The minimum absolute atomic E-state index is 1.24. The Hall–Kier alpha value is -5.98. The van der Waals surface area contributed by atoms with Gasteiger partial charge >= 0.3 is 0 Å². The Morgan fingerprint density at radius 2 is 0.696 bits per heavy atom. The normalized spacial score (nSPS) is 11.9. The maximum Gasteiger partial charge on any atom is -0.00139 e. The van der Waals surface area contributed by atoms with E-state index in [1.807, 2.05) is 0 Å². The standard InChI is InChI=1S/C46H28/c1-3-15-32-29(12-1)14-11-23-34(32)41-26-24-30-13-2-4-16-33(30)44(41)31-25-27-42-43(28-31)37-19-7-10-22-40(37)45-38-20-8-5-17-35(38)36-18-6-9-21-39(36)46(42)45/h1-28H. The molecule has 0 nitrogen and oxygen atoms in total. The van der Waals surface area contributed by atoms with Crippen LogP contribution in [0.4, 0.5) is 0 Å². The zero-order valence-corrected chi connectivity index (χ0v) is 25.2. The Balaban J connectivity index is 1.38. The molecule has 0 heterocycles. The van der Waals surface area contributed by atoms with Crippen molar-refractivity contribution >= 4 is 75.4 Å². The molecular weight excluding hydrogens is 553 g/mol. The molecule has 0 aliphatic rings. The number of benzene rings is 10. The smallest absolute Gasteiger partial charge is 0.00139 e. The van der Waals surface area contributed by atoms with Crippen LogP contribution in [0.15, 0.2) is 170 Å². The third-order valence-corrected chi connectivity index (χ3v) is 10.0. The largest absolute Gasteiger partial charge is 0.0616 e. The van der Waals surface area contributed by atoms with E-state index in [0.717, 1.165) is 0 Å². The number of rotatable bonds is 2. The fourth-order valence-electron chi connectivity index (χ4n) is 8.04. The molecule has 0 bridgehead atoms. The van der Waals surface area contributed by atoms with Gasteiger partial charge in [0.1, 0.15) is 0 Å². The lowest BCUT2D eigenvalue weighted by Crippen LogP contribution is -1.91. The number of hydrogen-bond acceptors (Lipinski definition) is 0. The molecule has 0 atom stereocenters. The molecule has 10 rings (SSSR count). The average Bonchev–Trinajstić information content (AvgIpc) is 3.13. The fraction of sp³-hybridized carbons (Fsp3) is 0. The Morgan fingerprint density at radius 1 is 0.239 bits per heavy atom. The van der Waals surface area contributed by atoms with Crippen LogP contribution >= 0.6 is 0 Å². The molecule has 0 N–H and O–H groups in total. The van der Waals surface area contributed by atoms with E-state index >= 15 is 0 Å². The summed E-state index contributed by atoms with van der Waals surface area (Å²) >= 11 is 0. The first kappa shape index (κ1) is 25.4. The van der Waals surface area contributed by atoms with E-state index in [9.17, 15) is 0 Å². The van der Waals surface area contributed by atoms with Crippen LogP contribution in [0.5, 0.6) is 0 Å². The molecule has 0 saturated carbocycles. The molecule has 0 radical (unpaired) electrons. The van der Waals surface area contributed by atoms with E-state index in [-0.39, 0.29) is 0 Å². The van der Waals surface area contributed by atoms with Crippen LogP contribution in [-0.2, 0) is 0 Å². The first-order valence-electron chi connectivity index (χ1n) is 16.0. The molecule has 0 heteroatoms. The first-order valence-corrected chi connectivity index (χ1v) is 16.0. The molecule has 0 fully saturated rings. The van der Waals surface area contributed by atoms with E-state index in [1.165, 1.54) is 97.7 Å². The van der Waals surface area contributed by atoms with Crippen molar-refractivity contribution in [3.8, 4) is 22.3 Å². The topological polar surface area (TPSA) is 0 Å². The highest BCUT2D eigenvalue weighted by atomic mass is 14.2. The van der Waals surface area contributed by atoms with Crippen molar-refractivity contribution in [3.63, 3.8) is 0 Å². The molecule has 0 aliphatic carbocycles. The summed E-state index contributed by atoms with van der Waals surface area (Å²) in [5.74, 6) is 0. The average molecular weight is 581 g/mol. The fourth-order valence-corrected chi connectivity index (χ4v) is 8.04. The van der Waals surface area contributed by atoms with Crippen molar-refractivity contribution in [1.29, 1.82) is 0 Å². The van der Waals surface area contributed by atoms with Gasteiger partial charge in [0.15, 0.2) is 0 Å². The van der Waals surface area contributed by atoms with Gasteiger partial charge in [0, 0.05) is 0 Å². The van der Waals surface area contributed by atoms with Crippen molar-refractivity contribution in [1.82, 2.24) is 0 Å². The van der Waals surface area contributed by atoms with Crippen molar-refractivity contribution in [3.05, 3.63) is 170 Å². The summed E-state index contributed by atoms with van der Waals surface area (Å²) in [6, 6.07) is 62.8. The zero-order chi connectivity index (χ0) is 30.2. The van der Waals surface area contributed by atoms with Crippen molar-refractivity contribution in [2.24, 2.45) is 0 Å². The maximum atomic E-state index is 2.46. The summed E-state index contributed by atoms with van der Waals surface area (Å²) in [6.45, 7) is 0. The Bertz CT molecular complexity index is 2850. The van der Waals surface area contributed by atoms with E-state index in [2.05, 4.69) is 170 Å². The number of hydrogen-bond donors (Lipinski definition) is 0. The van der Waals surface area contributed by atoms with Gasteiger partial charge in [0.25, 0.3) is 0 Å². The van der Waals surface area contributed by atoms with Gasteiger partial charge in [-0.05, 0) is 104 Å². The van der Waals surface area contributed by atoms with Gasteiger partial charge in [0.2, 0.25) is 0 Å². The molecule has 46 heavy (non-hydrogen) atoms. The zero-order valence-electron chi connectivity index (χ0n) is 25.2. The highest BCUT2D eigenvalue weighted by molar-refractivity contribution is 6.39. The van der Waals surface area contributed by atoms with Gasteiger partial charge in [-0.15, -0.1) is 0 Å². The molecule has 10 aromatic carbocycles. The molecule has 0 aromatic heterocycles. The van der Waals surface area contributed by atoms with Crippen LogP contribution in [0.25, 0.3) is 97.7 Å². The van der Waals surface area contributed by atoms with Gasteiger partial charge < -0.3 is 0 Å². The second-order valence-electron chi connectivity index (χ2n) is 12.4. The highest BCUT2D eigenvalue weighted by Gasteiger charge is 2.18. The lowest BCUT2D eigenvalue weighted by atomic mass is 9.84. The van der Waals surface area contributed by atoms with Crippen LogP contribution in [-0.4, -0.2) is 0 Å². The van der Waals surface area contributed by atoms with Gasteiger partial charge in [-0.2, -0.15) is 0 Å². The van der Waals surface area contributed by atoms with Crippen molar-refractivity contribution in [2.75, 3.05) is 0 Å². The lowest BCUT2D eigenvalue weighted by molar-refractivity contribution is 1.65. The summed E-state index contributed by atoms with van der Waals surface area (Å²) in [5.41, 5.74) is 5.04. The van der Waals surface area contributed by atoms with Gasteiger partial charge in [0.05, 0.1) is 0 Å². The maximum absolute atomic E-state index is 2.46. The second kappa shape index (κ2) is 9.76. The van der Waals surface area contributed by atoms with E-state index in [1.54, 1.807) is 0 Å². The SMILES string of the molecule is c1ccc2c(-c3ccc4ccccc4c3-c3ccc4c(c3)c3ccccc3c3c5ccccc5c5ccccc5c43)cccc2c1. The van der Waals surface area contributed by atoms with E-state index < -0.39 is 0 Å². The van der Waals surface area contributed by atoms with Gasteiger partial charge in [-0.3, -0.25) is 0 Å². The van der Waals surface area contributed by atoms with Crippen LogP contribution in [0.3, 0.4) is 0 Å². The first-order chi connectivity index (χ1) is 22.8. The minimum atomic E-state index is 1.24. The predicted molar refractivity (Wildman–Crippen MR) is 200 cm³/mol. The highest BCUT2D eigenvalue weighted by Crippen LogP contribution is 2.46. The molecule has 0 aliphatic heterocycles. The van der Waals surface area contributed by atoms with E-state index in [4.69, 9.17) is 0 Å². The quantitative estimate of drug-likeness (QED) is 0.178. The Morgan fingerprint density at radius 3 is 1.33 bits per heavy atom. The summed E-state index contributed by atoms with van der Waals surface area (Å²) < 4.78 is 0. The Kier molecular flexibility index (Phi) is 5.38. The summed E-state index contributed by atoms with van der Waals surface area (Å²) in [4.78, 5) is 0. The van der Waals surface area contributed by atoms with Crippen LogP contribution in [0.2, 0.25) is 0 Å². The molecule has 0 unspecified atom stereocenters. The molecule has 212 valence electrons. The molecule has 10 aromatic rings. The van der Waals surface area contributed by atoms with Crippen LogP contribution in [0, 0.1) is 0 Å². The predicted octanol–water partition coefficient (Wildman–Crippen LogP) is 13.1. The van der Waals surface area contributed by atoms with Gasteiger partial charge in [-0.25, -0.2) is 0 Å². The molecule has 0 spiro atoms. The summed E-state index contributed by atoms with van der Waals surface area (Å²) in [5, 5.41) is 18.1. The number of fused-ring (bicyclic) bond motifs is 13. The molecular formula is C46H28. The van der Waals surface area contributed by atoms with Crippen molar-refractivity contribution in [2.45, 2.75) is 0 Å². The Labute approximate surface area is 266 Å². The van der Waals surface area contributed by atoms with Crippen LogP contribution in [0.1, 0.15) is 0 Å². The summed E-state index contributed by atoms with van der Waals surface area (Å²) in [6.07, 6.45) is 0. The minimum Gasteiger partial charge on any atom is -0.0616 e. The van der Waals surface area contributed by atoms with Crippen molar-refractivity contribution < 1.29 is 0 Å². The van der Waals surface area contributed by atoms with E-state index in [0.29, 0.717) is 0 Å². The monoisotopic (exact) mass is 580 g/mol. The summed E-state index contributed by atoms with van der Waals surface area (Å²) in [7, 11) is 0. The third-order valence-electron chi connectivity index (χ3n) is 10.0. The lowest BCUT2D eigenvalue weighted by Gasteiger charge is -2.19. The second-order valence-corrected chi connectivity index (χ2v) is 12.4. The molecule has 0 saturated heterocycles. The molecule has 0 amide bonds. The van der Waals surface area contributed by atoms with Crippen LogP contribution < -0.4 is 0 Å².